The molecule has 0 spiro atoms. The van der Waals surface area contributed by atoms with Crippen LogP contribution in [-0.2, 0) is 10.0 Å². The van der Waals surface area contributed by atoms with Crippen LogP contribution in [0.2, 0.25) is 0 Å². The van der Waals surface area contributed by atoms with Crippen LogP contribution in [0.3, 0.4) is 0 Å². The molecule has 0 amide bonds. The lowest BCUT2D eigenvalue weighted by Crippen LogP contribution is -2.31. The highest BCUT2D eigenvalue weighted by molar-refractivity contribution is 7.89. The molecule has 1 aromatic carbocycles. The van der Waals surface area contributed by atoms with Crippen LogP contribution < -0.4 is 4.72 Å². The zero-order valence-corrected chi connectivity index (χ0v) is 13.4. The molecular weight excluding hydrogens is 296 g/mol. The first-order valence-electron chi connectivity index (χ1n) is 7.59. The molecule has 2 aromatic rings. The van der Waals surface area contributed by atoms with Crippen molar-refractivity contribution in [3.63, 3.8) is 0 Å². The molecule has 3 rings (SSSR count). The Morgan fingerprint density at radius 2 is 1.91 bits per heavy atom. The molecule has 1 N–H and O–H groups in total. The molecule has 0 saturated heterocycles. The zero-order chi connectivity index (χ0) is 15.6. The monoisotopic (exact) mass is 316 g/mol. The van der Waals surface area contributed by atoms with Crippen molar-refractivity contribution in [3.05, 3.63) is 54.4 Å². The molecule has 4 nitrogen and oxygen atoms in total. The number of sulfonamides is 1. The predicted octanol–water partition coefficient (Wildman–Crippen LogP) is 3.14. The van der Waals surface area contributed by atoms with Crippen LogP contribution in [0.5, 0.6) is 0 Å². The maximum Gasteiger partial charge on any atom is 0.211 e. The number of hydrogen-bond acceptors (Lipinski definition) is 3. The molecule has 5 heteroatoms. The Balaban J connectivity index is 1.92. The Bertz CT molecular complexity index is 740. The summed E-state index contributed by atoms with van der Waals surface area (Å²) in [4.78, 5) is 4.31. The molecule has 0 bridgehead atoms. The van der Waals surface area contributed by atoms with Crippen molar-refractivity contribution in [1.29, 1.82) is 0 Å². The van der Waals surface area contributed by atoms with E-state index in [0.717, 1.165) is 29.5 Å². The minimum atomic E-state index is -3.23. The maximum atomic E-state index is 11.9. The van der Waals surface area contributed by atoms with E-state index in [0.29, 0.717) is 5.92 Å². The van der Waals surface area contributed by atoms with E-state index >= 15 is 0 Å². The molecule has 1 fully saturated rings. The highest BCUT2D eigenvalue weighted by Crippen LogP contribution is 2.41. The van der Waals surface area contributed by atoms with Crippen LogP contribution in [0.4, 0.5) is 0 Å². The first-order chi connectivity index (χ1) is 10.6. The Morgan fingerprint density at radius 1 is 1.18 bits per heavy atom. The average molecular weight is 316 g/mol. The van der Waals surface area contributed by atoms with E-state index in [1.165, 1.54) is 0 Å². The third-order valence-electron chi connectivity index (χ3n) is 4.01. The van der Waals surface area contributed by atoms with E-state index in [9.17, 15) is 8.42 Å². The van der Waals surface area contributed by atoms with Gasteiger partial charge >= 0.3 is 0 Å². The maximum absolute atomic E-state index is 11.9. The Labute approximate surface area is 131 Å². The van der Waals surface area contributed by atoms with Gasteiger partial charge in [0.25, 0.3) is 0 Å². The smallest absolute Gasteiger partial charge is 0.211 e. The number of benzene rings is 1. The average Bonchev–Trinajstić information content (AvgIpc) is 3.38. The normalized spacial score (nSPS) is 16.4. The molecule has 1 aliphatic rings. The van der Waals surface area contributed by atoms with Gasteiger partial charge in [0.2, 0.25) is 10.0 Å². The van der Waals surface area contributed by atoms with Gasteiger partial charge in [0.1, 0.15) is 0 Å². The third kappa shape index (κ3) is 3.54. The lowest BCUT2D eigenvalue weighted by atomic mass is 10.0. The minimum Gasteiger partial charge on any atom is -0.264 e. The molecule has 22 heavy (non-hydrogen) atoms. The highest BCUT2D eigenvalue weighted by atomic mass is 32.2. The second-order valence-corrected chi connectivity index (χ2v) is 7.75. The van der Waals surface area contributed by atoms with Gasteiger partial charge in [0, 0.05) is 18.0 Å². The van der Waals surface area contributed by atoms with Crippen molar-refractivity contribution in [2.75, 3.05) is 5.75 Å². The number of nitrogens with one attached hydrogen (secondary N) is 1. The summed E-state index contributed by atoms with van der Waals surface area (Å²) in [6, 6.07) is 11.9. The van der Waals surface area contributed by atoms with E-state index in [4.69, 9.17) is 0 Å². The third-order valence-corrected chi connectivity index (χ3v) is 5.38. The second-order valence-electron chi connectivity index (χ2n) is 5.71. The van der Waals surface area contributed by atoms with Gasteiger partial charge in [-0.15, -0.1) is 0 Å². The second kappa shape index (κ2) is 6.18. The first kappa shape index (κ1) is 15.2. The van der Waals surface area contributed by atoms with E-state index in [2.05, 4.69) is 9.71 Å². The van der Waals surface area contributed by atoms with Crippen LogP contribution in [-0.4, -0.2) is 19.2 Å². The van der Waals surface area contributed by atoms with Crippen LogP contribution in [0, 0.1) is 5.92 Å². The molecule has 0 radical (unpaired) electrons. The summed E-state index contributed by atoms with van der Waals surface area (Å²) >= 11 is 0. The summed E-state index contributed by atoms with van der Waals surface area (Å²) in [6.07, 6.45) is 5.71. The van der Waals surface area contributed by atoms with Crippen molar-refractivity contribution in [3.8, 4) is 11.1 Å². The number of aromatic nitrogens is 1. The number of pyridine rings is 1. The lowest BCUT2D eigenvalue weighted by Gasteiger charge is -2.18. The summed E-state index contributed by atoms with van der Waals surface area (Å²) in [7, 11) is -3.23. The topological polar surface area (TPSA) is 59.1 Å². The molecule has 1 unspecified atom stereocenters. The Morgan fingerprint density at radius 3 is 2.55 bits per heavy atom. The van der Waals surface area contributed by atoms with E-state index < -0.39 is 10.0 Å². The van der Waals surface area contributed by atoms with Gasteiger partial charge < -0.3 is 0 Å². The Kier molecular flexibility index (Phi) is 4.27. The van der Waals surface area contributed by atoms with Gasteiger partial charge in [0.15, 0.2) is 0 Å². The van der Waals surface area contributed by atoms with E-state index in [1.54, 1.807) is 13.1 Å². The quantitative estimate of drug-likeness (QED) is 0.890. The van der Waals surface area contributed by atoms with Gasteiger partial charge in [-0.25, -0.2) is 13.1 Å². The van der Waals surface area contributed by atoms with Crippen LogP contribution >= 0.6 is 0 Å². The first-order valence-corrected chi connectivity index (χ1v) is 9.24. The van der Waals surface area contributed by atoms with Gasteiger partial charge in [0.05, 0.1) is 11.8 Å². The fourth-order valence-electron chi connectivity index (χ4n) is 2.56. The summed E-state index contributed by atoms with van der Waals surface area (Å²) in [5, 5.41) is 0. The fourth-order valence-corrected chi connectivity index (χ4v) is 3.44. The van der Waals surface area contributed by atoms with Crippen molar-refractivity contribution in [2.45, 2.75) is 25.8 Å². The van der Waals surface area contributed by atoms with Crippen molar-refractivity contribution in [1.82, 2.24) is 9.71 Å². The standard InChI is InChI=1S/C17H20N2O2S/c1-2-22(20,21)19-17(14-8-9-14)16-10-15(11-18-12-16)13-6-4-3-5-7-13/h3-7,10-12,14,17,19H,2,8-9H2,1H3. The molecule has 1 atom stereocenters. The predicted molar refractivity (Wildman–Crippen MR) is 87.7 cm³/mol. The largest absolute Gasteiger partial charge is 0.264 e. The lowest BCUT2D eigenvalue weighted by molar-refractivity contribution is 0.529. The highest BCUT2D eigenvalue weighted by Gasteiger charge is 2.34. The van der Waals surface area contributed by atoms with Crippen molar-refractivity contribution < 1.29 is 8.42 Å². The minimum absolute atomic E-state index is 0.0992. The van der Waals surface area contributed by atoms with Gasteiger partial charge in [-0.05, 0) is 42.9 Å². The number of nitrogens with zero attached hydrogens (tertiary/aromatic N) is 1. The molecule has 1 aromatic heterocycles. The van der Waals surface area contributed by atoms with Crippen molar-refractivity contribution in [2.24, 2.45) is 5.92 Å². The molecular formula is C17H20N2O2S. The SMILES string of the molecule is CCS(=O)(=O)NC(c1cncc(-c2ccccc2)c1)C1CC1. The summed E-state index contributed by atoms with van der Waals surface area (Å²) in [6.45, 7) is 1.66. The van der Waals surface area contributed by atoms with Gasteiger partial charge in [-0.2, -0.15) is 0 Å². The van der Waals surface area contributed by atoms with Crippen molar-refractivity contribution >= 4 is 10.0 Å². The molecule has 0 aliphatic heterocycles. The summed E-state index contributed by atoms with van der Waals surface area (Å²) < 4.78 is 26.7. The van der Waals surface area contributed by atoms with Gasteiger partial charge in [-0.3, -0.25) is 4.98 Å². The van der Waals surface area contributed by atoms with Crippen LogP contribution in [0.15, 0.2) is 48.8 Å². The van der Waals surface area contributed by atoms with E-state index in [1.807, 2.05) is 42.6 Å². The molecule has 1 saturated carbocycles. The van der Waals surface area contributed by atoms with Gasteiger partial charge in [-0.1, -0.05) is 30.3 Å². The van der Waals surface area contributed by atoms with E-state index in [-0.39, 0.29) is 11.8 Å². The number of hydrogen-bond donors (Lipinski definition) is 1. The van der Waals surface area contributed by atoms with Crippen LogP contribution in [0.25, 0.3) is 11.1 Å². The fraction of sp³-hybridized carbons (Fsp3) is 0.353. The Hall–Kier alpha value is -1.72. The summed E-state index contributed by atoms with van der Waals surface area (Å²) in [5.41, 5.74) is 3.05. The zero-order valence-electron chi connectivity index (χ0n) is 12.6. The number of rotatable bonds is 6. The molecule has 1 heterocycles. The summed E-state index contributed by atoms with van der Waals surface area (Å²) in [5.74, 6) is 0.483. The van der Waals surface area contributed by atoms with Crippen LogP contribution in [0.1, 0.15) is 31.4 Å². The molecule has 116 valence electrons. The molecule has 1 aliphatic carbocycles.